The van der Waals surface area contributed by atoms with Crippen molar-refractivity contribution in [3.05, 3.63) is 29.3 Å². The van der Waals surface area contributed by atoms with Crippen LogP contribution in [0.15, 0.2) is 18.2 Å². The van der Waals surface area contributed by atoms with E-state index in [0.717, 1.165) is 12.8 Å². The summed E-state index contributed by atoms with van der Waals surface area (Å²) >= 11 is 5.66. The van der Waals surface area contributed by atoms with Gasteiger partial charge >= 0.3 is 6.18 Å². The van der Waals surface area contributed by atoms with Crippen LogP contribution in [0.5, 0.6) is 0 Å². The monoisotopic (exact) mass is 319 g/mol. The van der Waals surface area contributed by atoms with Crippen LogP contribution in [-0.4, -0.2) is 13.6 Å². The third-order valence-corrected chi connectivity index (χ3v) is 4.50. The third-order valence-electron chi connectivity index (χ3n) is 4.19. The van der Waals surface area contributed by atoms with Crippen LogP contribution in [0, 0.1) is 5.92 Å². The lowest BCUT2D eigenvalue weighted by atomic mass is 9.89. The molecule has 1 fully saturated rings. The van der Waals surface area contributed by atoms with Gasteiger partial charge < -0.3 is 4.90 Å². The van der Waals surface area contributed by atoms with Gasteiger partial charge in [0.1, 0.15) is 0 Å². The Morgan fingerprint density at radius 2 is 1.86 bits per heavy atom. The van der Waals surface area contributed by atoms with E-state index in [1.807, 2.05) is 0 Å². The highest BCUT2D eigenvalue weighted by atomic mass is 35.5. The van der Waals surface area contributed by atoms with Gasteiger partial charge in [-0.3, -0.25) is 0 Å². The van der Waals surface area contributed by atoms with Crippen LogP contribution in [0.3, 0.4) is 0 Å². The second kappa shape index (κ2) is 6.91. The lowest BCUT2D eigenvalue weighted by Gasteiger charge is -2.30. The molecule has 0 unspecified atom stereocenters. The van der Waals surface area contributed by atoms with Gasteiger partial charge in [-0.2, -0.15) is 13.2 Å². The number of alkyl halides is 4. The predicted octanol–water partition coefficient (Wildman–Crippen LogP) is 5.46. The van der Waals surface area contributed by atoms with Crippen molar-refractivity contribution in [2.75, 3.05) is 18.5 Å². The number of rotatable bonds is 4. The number of halogens is 4. The minimum absolute atomic E-state index is 0.0930. The molecule has 0 aromatic heterocycles. The third kappa shape index (κ3) is 4.29. The van der Waals surface area contributed by atoms with Crippen LogP contribution in [-0.2, 0) is 12.1 Å². The molecule has 1 saturated carbocycles. The van der Waals surface area contributed by atoms with Crippen LogP contribution in [0.1, 0.15) is 43.2 Å². The zero-order valence-electron chi connectivity index (χ0n) is 12.2. The van der Waals surface area contributed by atoms with Gasteiger partial charge in [-0.15, -0.1) is 11.6 Å². The molecule has 0 spiro atoms. The van der Waals surface area contributed by atoms with Crippen molar-refractivity contribution < 1.29 is 13.2 Å². The Bertz CT molecular complexity index is 467. The summed E-state index contributed by atoms with van der Waals surface area (Å²) in [4.78, 5) is 1.75. The maximum Gasteiger partial charge on any atom is 0.418 e. The van der Waals surface area contributed by atoms with Gasteiger partial charge in [-0.05, 0) is 36.5 Å². The lowest BCUT2D eigenvalue weighted by Crippen LogP contribution is -2.28. The fraction of sp³-hybridized carbons (Fsp3) is 0.625. The van der Waals surface area contributed by atoms with E-state index in [1.54, 1.807) is 24.1 Å². The van der Waals surface area contributed by atoms with Crippen molar-refractivity contribution in [1.82, 2.24) is 0 Å². The van der Waals surface area contributed by atoms with E-state index in [1.165, 1.54) is 25.3 Å². The first-order valence-electron chi connectivity index (χ1n) is 7.39. The topological polar surface area (TPSA) is 3.24 Å². The predicted molar refractivity (Wildman–Crippen MR) is 80.8 cm³/mol. The number of benzene rings is 1. The second-order valence-corrected chi connectivity index (χ2v) is 6.13. The average molecular weight is 320 g/mol. The molecule has 0 amide bonds. The van der Waals surface area contributed by atoms with Crippen molar-refractivity contribution in [3.63, 3.8) is 0 Å². The standard InChI is InChI=1S/C16H21ClF3N/c1-21(11-12-5-3-2-4-6-12)15-8-7-13(10-17)9-14(15)16(18,19)20/h7-9,12H,2-6,10-11H2,1H3. The van der Waals surface area contributed by atoms with Crippen LogP contribution in [0.2, 0.25) is 0 Å². The lowest BCUT2D eigenvalue weighted by molar-refractivity contribution is -0.137. The van der Waals surface area contributed by atoms with E-state index in [0.29, 0.717) is 18.0 Å². The Balaban J connectivity index is 2.20. The summed E-state index contributed by atoms with van der Waals surface area (Å²) in [6.45, 7) is 0.684. The van der Waals surface area contributed by atoms with Crippen LogP contribution >= 0.6 is 11.6 Å². The molecule has 0 radical (unpaired) electrons. The van der Waals surface area contributed by atoms with Crippen molar-refractivity contribution in [2.45, 2.75) is 44.2 Å². The van der Waals surface area contributed by atoms with Gasteiger partial charge in [0, 0.05) is 25.2 Å². The van der Waals surface area contributed by atoms with Crippen molar-refractivity contribution in [1.29, 1.82) is 0 Å². The van der Waals surface area contributed by atoms with Gasteiger partial charge in [0.15, 0.2) is 0 Å². The molecule has 1 nitrogen and oxygen atoms in total. The summed E-state index contributed by atoms with van der Waals surface area (Å²) in [7, 11) is 1.75. The molecule has 0 N–H and O–H groups in total. The Labute approximate surface area is 129 Å². The molecular formula is C16H21ClF3N. The Morgan fingerprint density at radius 1 is 1.19 bits per heavy atom. The molecule has 118 valence electrons. The summed E-state index contributed by atoms with van der Waals surface area (Å²) < 4.78 is 39.7. The minimum Gasteiger partial charge on any atom is -0.374 e. The zero-order chi connectivity index (χ0) is 15.5. The van der Waals surface area contributed by atoms with E-state index < -0.39 is 11.7 Å². The van der Waals surface area contributed by atoms with E-state index >= 15 is 0 Å². The normalized spacial score (nSPS) is 17.0. The van der Waals surface area contributed by atoms with Crippen LogP contribution in [0.25, 0.3) is 0 Å². The smallest absolute Gasteiger partial charge is 0.374 e. The molecule has 1 aromatic rings. The first-order chi connectivity index (χ1) is 9.91. The summed E-state index contributed by atoms with van der Waals surface area (Å²) in [5.74, 6) is 0.591. The maximum absolute atomic E-state index is 13.2. The van der Waals surface area contributed by atoms with Crippen molar-refractivity contribution in [2.24, 2.45) is 5.92 Å². The maximum atomic E-state index is 13.2. The molecule has 0 bridgehead atoms. The van der Waals surface area contributed by atoms with E-state index in [9.17, 15) is 13.2 Å². The molecule has 0 saturated heterocycles. The van der Waals surface area contributed by atoms with Crippen molar-refractivity contribution >= 4 is 17.3 Å². The first kappa shape index (κ1) is 16.5. The zero-order valence-corrected chi connectivity index (χ0v) is 13.0. The van der Waals surface area contributed by atoms with E-state index in [-0.39, 0.29) is 11.6 Å². The van der Waals surface area contributed by atoms with E-state index in [4.69, 9.17) is 11.6 Å². The Morgan fingerprint density at radius 3 is 2.43 bits per heavy atom. The highest BCUT2D eigenvalue weighted by Gasteiger charge is 2.35. The first-order valence-corrected chi connectivity index (χ1v) is 7.92. The largest absolute Gasteiger partial charge is 0.418 e. The molecule has 0 heterocycles. The fourth-order valence-electron chi connectivity index (χ4n) is 3.08. The summed E-state index contributed by atoms with van der Waals surface area (Å²) in [5, 5.41) is 0. The van der Waals surface area contributed by atoms with Gasteiger partial charge in [0.2, 0.25) is 0 Å². The minimum atomic E-state index is -4.35. The number of nitrogens with zero attached hydrogens (tertiary/aromatic N) is 1. The van der Waals surface area contributed by atoms with Gasteiger partial charge in [-0.1, -0.05) is 25.3 Å². The summed E-state index contributed by atoms with van der Waals surface area (Å²) in [6, 6.07) is 4.39. The molecule has 1 aromatic carbocycles. The fourth-order valence-corrected chi connectivity index (χ4v) is 3.25. The van der Waals surface area contributed by atoms with Gasteiger partial charge in [0.25, 0.3) is 0 Å². The molecule has 1 aliphatic carbocycles. The van der Waals surface area contributed by atoms with E-state index in [2.05, 4.69) is 0 Å². The second-order valence-electron chi connectivity index (χ2n) is 5.87. The Kier molecular flexibility index (Phi) is 5.42. The summed E-state index contributed by atoms with van der Waals surface area (Å²) in [5.41, 5.74) is 0.166. The quantitative estimate of drug-likeness (QED) is 0.666. The van der Waals surface area contributed by atoms with Crippen LogP contribution < -0.4 is 4.90 Å². The molecule has 0 aliphatic heterocycles. The number of hydrogen-bond donors (Lipinski definition) is 0. The molecule has 5 heteroatoms. The Hall–Kier alpha value is -0.900. The number of anilines is 1. The SMILES string of the molecule is CN(CC1CCCCC1)c1ccc(CCl)cc1C(F)(F)F. The highest BCUT2D eigenvalue weighted by molar-refractivity contribution is 6.17. The summed E-state index contributed by atoms with van der Waals surface area (Å²) in [6.07, 6.45) is 1.51. The van der Waals surface area contributed by atoms with Crippen molar-refractivity contribution in [3.8, 4) is 0 Å². The molecular weight excluding hydrogens is 299 g/mol. The van der Waals surface area contributed by atoms with Gasteiger partial charge in [0.05, 0.1) is 5.56 Å². The number of hydrogen-bond acceptors (Lipinski definition) is 1. The molecule has 21 heavy (non-hydrogen) atoms. The van der Waals surface area contributed by atoms with Gasteiger partial charge in [-0.25, -0.2) is 0 Å². The highest BCUT2D eigenvalue weighted by Crippen LogP contribution is 2.38. The van der Waals surface area contributed by atoms with Crippen LogP contribution in [0.4, 0.5) is 18.9 Å². The molecule has 2 rings (SSSR count). The molecule has 1 aliphatic rings. The molecule has 0 atom stereocenters. The average Bonchev–Trinajstić information content (AvgIpc) is 2.46.